The molecule has 36 heavy (non-hydrogen) atoms. The van der Waals surface area contributed by atoms with Crippen LogP contribution in [0.25, 0.3) is 22.2 Å². The topological polar surface area (TPSA) is 61.3 Å². The van der Waals surface area contributed by atoms with Gasteiger partial charge in [-0.1, -0.05) is 6.07 Å². The van der Waals surface area contributed by atoms with E-state index in [0.717, 1.165) is 42.8 Å². The zero-order chi connectivity index (χ0) is 25.1. The summed E-state index contributed by atoms with van der Waals surface area (Å²) in [5, 5.41) is 14.1. The van der Waals surface area contributed by atoms with Crippen molar-refractivity contribution in [1.29, 1.82) is 5.26 Å². The lowest BCUT2D eigenvalue weighted by molar-refractivity contribution is 0.108. The maximum atomic E-state index is 9.22. The van der Waals surface area contributed by atoms with Gasteiger partial charge in [0.2, 0.25) is 0 Å². The zero-order valence-corrected chi connectivity index (χ0v) is 22.1. The van der Waals surface area contributed by atoms with Crippen molar-refractivity contribution in [3.63, 3.8) is 0 Å². The van der Waals surface area contributed by atoms with Crippen LogP contribution in [0.2, 0.25) is 0 Å². The number of benzene rings is 2. The van der Waals surface area contributed by atoms with Crippen LogP contribution in [-0.2, 0) is 0 Å². The van der Waals surface area contributed by atoms with E-state index >= 15 is 0 Å². The Labute approximate surface area is 215 Å². The van der Waals surface area contributed by atoms with Crippen LogP contribution >= 0.6 is 0 Å². The molecule has 0 bridgehead atoms. The maximum absolute atomic E-state index is 9.22. The number of piperazine rings is 1. The third-order valence-corrected chi connectivity index (χ3v) is 8.12. The van der Waals surface area contributed by atoms with E-state index in [1.165, 1.54) is 55.8 Å². The van der Waals surface area contributed by atoms with Gasteiger partial charge in [0, 0.05) is 92.3 Å². The average molecular weight is 485 g/mol. The number of piperidine rings is 1. The number of fused-ring (bicyclic) bond motifs is 1. The average Bonchev–Trinajstić information content (AvgIpc) is 3.33. The molecule has 0 unspecified atom stereocenters. The lowest BCUT2D eigenvalue weighted by atomic mass is 10.0. The number of H-pyrrole nitrogens is 1. The van der Waals surface area contributed by atoms with Gasteiger partial charge in [0.25, 0.3) is 0 Å². The second-order valence-electron chi connectivity index (χ2n) is 10.8. The predicted molar refractivity (Wildman–Crippen MR) is 150 cm³/mol. The fourth-order valence-corrected chi connectivity index (χ4v) is 5.72. The highest BCUT2D eigenvalue weighted by Gasteiger charge is 2.22. The van der Waals surface area contributed by atoms with Crippen molar-refractivity contribution in [1.82, 2.24) is 20.1 Å². The number of aromatic amines is 1. The highest BCUT2D eigenvalue weighted by molar-refractivity contribution is 5.88. The summed E-state index contributed by atoms with van der Waals surface area (Å²) in [4.78, 5) is 11.3. The minimum Gasteiger partial charge on any atom is -0.371 e. The Hall–Kier alpha value is -2.85. The van der Waals surface area contributed by atoms with Crippen LogP contribution in [0, 0.1) is 18.3 Å². The van der Waals surface area contributed by atoms with E-state index in [4.69, 9.17) is 0 Å². The molecule has 2 saturated heterocycles. The zero-order valence-electron chi connectivity index (χ0n) is 22.1. The molecule has 3 aromatic rings. The SMILES string of the molecule is Cc1ccc(N2CCC(NCCN3CCN(C(C)C)CC3)CC2)cc1-c1cc2cc(C#N)ccc2[nH]1. The van der Waals surface area contributed by atoms with Crippen LogP contribution in [0.3, 0.4) is 0 Å². The molecule has 5 rings (SSSR count). The van der Waals surface area contributed by atoms with Crippen LogP contribution in [0.15, 0.2) is 42.5 Å². The first-order valence-corrected chi connectivity index (χ1v) is 13.6. The lowest BCUT2D eigenvalue weighted by Gasteiger charge is -2.38. The highest BCUT2D eigenvalue weighted by Crippen LogP contribution is 2.31. The van der Waals surface area contributed by atoms with Gasteiger partial charge in [-0.3, -0.25) is 9.80 Å². The van der Waals surface area contributed by atoms with Gasteiger partial charge < -0.3 is 15.2 Å². The minimum atomic E-state index is 0.617. The smallest absolute Gasteiger partial charge is 0.0991 e. The van der Waals surface area contributed by atoms with Gasteiger partial charge in [-0.2, -0.15) is 5.26 Å². The van der Waals surface area contributed by atoms with Gasteiger partial charge in [-0.15, -0.1) is 0 Å². The Morgan fingerprint density at radius 2 is 1.78 bits per heavy atom. The first kappa shape index (κ1) is 24.8. The fraction of sp³-hybridized carbons (Fsp3) is 0.500. The Morgan fingerprint density at radius 3 is 2.50 bits per heavy atom. The van der Waals surface area contributed by atoms with E-state index in [0.29, 0.717) is 17.6 Å². The summed E-state index contributed by atoms with van der Waals surface area (Å²) in [5.41, 5.74) is 6.68. The summed E-state index contributed by atoms with van der Waals surface area (Å²) < 4.78 is 0. The highest BCUT2D eigenvalue weighted by atomic mass is 15.3. The number of aryl methyl sites for hydroxylation is 1. The van der Waals surface area contributed by atoms with Gasteiger partial charge in [-0.25, -0.2) is 0 Å². The van der Waals surface area contributed by atoms with E-state index in [1.807, 2.05) is 18.2 Å². The molecule has 2 aromatic carbocycles. The summed E-state index contributed by atoms with van der Waals surface area (Å²) in [6.07, 6.45) is 2.38. The van der Waals surface area contributed by atoms with Gasteiger partial charge in [0.1, 0.15) is 0 Å². The fourth-order valence-electron chi connectivity index (χ4n) is 5.72. The Morgan fingerprint density at radius 1 is 1.00 bits per heavy atom. The number of nitriles is 1. The Kier molecular flexibility index (Phi) is 7.62. The molecular weight excluding hydrogens is 444 g/mol. The molecule has 0 amide bonds. The molecule has 0 atom stereocenters. The Balaban J connectivity index is 1.14. The molecular formula is C30H40N6. The molecule has 0 aliphatic carbocycles. The van der Waals surface area contributed by atoms with Crippen LogP contribution < -0.4 is 10.2 Å². The number of hydrogen-bond donors (Lipinski definition) is 2. The normalized spacial score (nSPS) is 18.2. The maximum Gasteiger partial charge on any atom is 0.0991 e. The predicted octanol–water partition coefficient (Wildman–Crippen LogP) is 4.60. The summed E-state index contributed by atoms with van der Waals surface area (Å²) >= 11 is 0. The second kappa shape index (κ2) is 11.0. The molecule has 3 heterocycles. The van der Waals surface area contributed by atoms with Crippen LogP contribution in [-0.4, -0.2) is 79.2 Å². The van der Waals surface area contributed by atoms with Gasteiger partial charge in [0.15, 0.2) is 0 Å². The summed E-state index contributed by atoms with van der Waals surface area (Å²) in [6.45, 7) is 16.0. The molecule has 6 nitrogen and oxygen atoms in total. The number of rotatable bonds is 7. The molecule has 0 spiro atoms. The second-order valence-corrected chi connectivity index (χ2v) is 10.8. The molecule has 2 fully saturated rings. The van der Waals surface area contributed by atoms with Crippen LogP contribution in [0.5, 0.6) is 0 Å². The van der Waals surface area contributed by atoms with Crippen molar-refractivity contribution in [2.75, 3.05) is 57.3 Å². The van der Waals surface area contributed by atoms with Crippen molar-refractivity contribution in [3.8, 4) is 17.3 Å². The van der Waals surface area contributed by atoms with E-state index in [-0.39, 0.29) is 0 Å². The molecule has 6 heteroatoms. The van der Waals surface area contributed by atoms with E-state index in [9.17, 15) is 5.26 Å². The quantitative estimate of drug-likeness (QED) is 0.513. The first-order chi connectivity index (χ1) is 17.5. The number of nitrogens with zero attached hydrogens (tertiary/aromatic N) is 4. The number of aromatic nitrogens is 1. The van der Waals surface area contributed by atoms with Crippen molar-refractivity contribution in [3.05, 3.63) is 53.6 Å². The summed E-state index contributed by atoms with van der Waals surface area (Å²) in [5.74, 6) is 0. The van der Waals surface area contributed by atoms with E-state index in [2.05, 4.69) is 76.1 Å². The summed E-state index contributed by atoms with van der Waals surface area (Å²) in [6, 6.07) is 18.3. The van der Waals surface area contributed by atoms with Gasteiger partial charge in [-0.05, 0) is 75.6 Å². The standard InChI is InChI=1S/C30H40N6/c1-22(2)35-16-14-34(15-17-35)13-10-32-26-8-11-36(12-9-26)27-6-4-23(3)28(20-27)30-19-25-18-24(21-31)5-7-29(25)33-30/h4-7,18-20,22,26,32-33H,8-17H2,1-3H3. The van der Waals surface area contributed by atoms with Crippen molar-refractivity contribution >= 4 is 16.6 Å². The monoisotopic (exact) mass is 484 g/mol. The van der Waals surface area contributed by atoms with Crippen molar-refractivity contribution < 1.29 is 0 Å². The third-order valence-electron chi connectivity index (χ3n) is 8.12. The summed E-state index contributed by atoms with van der Waals surface area (Å²) in [7, 11) is 0. The molecule has 2 aliphatic rings. The lowest BCUT2D eigenvalue weighted by Crippen LogP contribution is -2.51. The Bertz CT molecular complexity index is 1210. The van der Waals surface area contributed by atoms with Crippen molar-refractivity contribution in [2.45, 2.75) is 45.7 Å². The molecule has 1 aromatic heterocycles. The molecule has 190 valence electrons. The minimum absolute atomic E-state index is 0.617. The number of nitrogens with one attached hydrogen (secondary N) is 2. The van der Waals surface area contributed by atoms with Crippen molar-refractivity contribution in [2.24, 2.45) is 0 Å². The molecule has 2 aliphatic heterocycles. The molecule has 0 saturated carbocycles. The molecule has 0 radical (unpaired) electrons. The van der Waals surface area contributed by atoms with Gasteiger partial charge in [0.05, 0.1) is 11.6 Å². The number of hydrogen-bond acceptors (Lipinski definition) is 5. The van der Waals surface area contributed by atoms with Crippen LogP contribution in [0.4, 0.5) is 5.69 Å². The molecule has 2 N–H and O–H groups in total. The largest absolute Gasteiger partial charge is 0.371 e. The first-order valence-electron chi connectivity index (χ1n) is 13.6. The van der Waals surface area contributed by atoms with E-state index < -0.39 is 0 Å². The van der Waals surface area contributed by atoms with E-state index in [1.54, 1.807) is 0 Å². The van der Waals surface area contributed by atoms with Crippen LogP contribution in [0.1, 0.15) is 37.8 Å². The van der Waals surface area contributed by atoms with Gasteiger partial charge >= 0.3 is 0 Å². The number of anilines is 1. The third kappa shape index (κ3) is 5.59.